The van der Waals surface area contributed by atoms with Crippen LogP contribution < -0.4 is 10.1 Å². The number of nitrogens with one attached hydrogen (secondary N) is 1. The first-order valence-electron chi connectivity index (χ1n) is 9.32. The van der Waals surface area contributed by atoms with Crippen LogP contribution in [-0.4, -0.2) is 7.11 Å². The first-order chi connectivity index (χ1) is 13.0. The van der Waals surface area contributed by atoms with Crippen molar-refractivity contribution in [1.82, 2.24) is 0 Å². The molecule has 136 valence electrons. The van der Waals surface area contributed by atoms with Crippen LogP contribution in [0.15, 0.2) is 72.8 Å². The summed E-state index contributed by atoms with van der Waals surface area (Å²) in [5.74, 6) is 0.859. The summed E-state index contributed by atoms with van der Waals surface area (Å²) in [7, 11) is 1.71. The molecule has 0 aromatic heterocycles. The Bertz CT molecular complexity index is 999. The molecular formula is C25H25NO. The fraction of sp³-hybridized carbons (Fsp3) is 0.200. The van der Waals surface area contributed by atoms with Gasteiger partial charge in [-0.2, -0.15) is 0 Å². The van der Waals surface area contributed by atoms with Crippen LogP contribution in [-0.2, 0) is 5.54 Å². The van der Waals surface area contributed by atoms with E-state index in [1.54, 1.807) is 7.11 Å². The first-order valence-corrected chi connectivity index (χ1v) is 9.32. The van der Waals surface area contributed by atoms with Crippen molar-refractivity contribution in [3.05, 3.63) is 101 Å². The van der Waals surface area contributed by atoms with Gasteiger partial charge in [-0.3, -0.25) is 0 Å². The first kappa shape index (κ1) is 17.4. The average Bonchev–Trinajstić information content (AvgIpc) is 2.68. The van der Waals surface area contributed by atoms with E-state index < -0.39 is 0 Å². The van der Waals surface area contributed by atoms with Crippen LogP contribution in [0.25, 0.3) is 5.57 Å². The number of rotatable bonds is 3. The Balaban J connectivity index is 1.90. The zero-order chi connectivity index (χ0) is 19.0. The lowest BCUT2D eigenvalue weighted by Crippen LogP contribution is -2.33. The Kier molecular flexibility index (Phi) is 4.27. The Morgan fingerprint density at radius 1 is 0.815 bits per heavy atom. The van der Waals surface area contributed by atoms with Gasteiger partial charge in [0, 0.05) is 17.3 Å². The van der Waals surface area contributed by atoms with Crippen molar-refractivity contribution in [3.63, 3.8) is 0 Å². The van der Waals surface area contributed by atoms with E-state index in [0.29, 0.717) is 0 Å². The number of ether oxygens (including phenoxy) is 1. The van der Waals surface area contributed by atoms with Crippen LogP contribution in [0.5, 0.6) is 5.75 Å². The number of benzene rings is 3. The van der Waals surface area contributed by atoms with Crippen molar-refractivity contribution in [1.29, 1.82) is 0 Å². The van der Waals surface area contributed by atoms with Gasteiger partial charge >= 0.3 is 0 Å². The molecule has 0 bridgehead atoms. The minimum atomic E-state index is -0.298. The van der Waals surface area contributed by atoms with Gasteiger partial charge in [-0.25, -0.2) is 0 Å². The SMILES string of the molecule is COc1ccc2c(c1)NC(C)(c1ccc(C)cc1)C=C2c1ccc(C)cc1. The van der Waals surface area contributed by atoms with Gasteiger partial charge in [-0.15, -0.1) is 0 Å². The molecule has 27 heavy (non-hydrogen) atoms. The van der Waals surface area contributed by atoms with E-state index in [9.17, 15) is 0 Å². The van der Waals surface area contributed by atoms with Crippen LogP contribution in [0.2, 0.25) is 0 Å². The molecule has 1 atom stereocenters. The van der Waals surface area contributed by atoms with Crippen molar-refractivity contribution < 1.29 is 4.74 Å². The van der Waals surface area contributed by atoms with Gasteiger partial charge in [0.25, 0.3) is 0 Å². The minimum Gasteiger partial charge on any atom is -0.497 e. The van der Waals surface area contributed by atoms with E-state index in [-0.39, 0.29) is 5.54 Å². The molecule has 3 aromatic rings. The van der Waals surface area contributed by atoms with Gasteiger partial charge in [0.15, 0.2) is 0 Å². The molecule has 1 N–H and O–H groups in total. The zero-order valence-corrected chi connectivity index (χ0v) is 16.3. The van der Waals surface area contributed by atoms with Crippen molar-refractivity contribution in [2.24, 2.45) is 0 Å². The quantitative estimate of drug-likeness (QED) is 0.614. The summed E-state index contributed by atoms with van der Waals surface area (Å²) in [4.78, 5) is 0. The van der Waals surface area contributed by atoms with E-state index in [4.69, 9.17) is 4.74 Å². The van der Waals surface area contributed by atoms with Crippen LogP contribution in [0, 0.1) is 13.8 Å². The van der Waals surface area contributed by atoms with Gasteiger partial charge < -0.3 is 10.1 Å². The Hall–Kier alpha value is -3.00. The lowest BCUT2D eigenvalue weighted by molar-refractivity contribution is 0.415. The number of hydrogen-bond donors (Lipinski definition) is 1. The standard InChI is InChI=1S/C25H25NO/c1-17-5-9-19(10-6-17)23-16-25(3,20-11-7-18(2)8-12-20)26-24-15-21(27-4)13-14-22(23)24/h5-16,26H,1-4H3. The fourth-order valence-corrected chi connectivity index (χ4v) is 3.70. The molecule has 1 aliphatic heterocycles. The molecule has 0 aliphatic carbocycles. The number of anilines is 1. The van der Waals surface area contributed by atoms with Gasteiger partial charge in [0.2, 0.25) is 0 Å². The molecule has 4 rings (SSSR count). The molecule has 0 fully saturated rings. The van der Waals surface area contributed by atoms with Crippen LogP contribution >= 0.6 is 0 Å². The molecule has 1 aliphatic rings. The zero-order valence-electron chi connectivity index (χ0n) is 16.3. The summed E-state index contributed by atoms with van der Waals surface area (Å²) >= 11 is 0. The number of aryl methyl sites for hydroxylation is 2. The third-order valence-electron chi connectivity index (χ3n) is 5.36. The molecule has 2 heteroatoms. The average molecular weight is 355 g/mol. The third-order valence-corrected chi connectivity index (χ3v) is 5.36. The third kappa shape index (κ3) is 3.23. The van der Waals surface area contributed by atoms with E-state index in [1.807, 2.05) is 6.07 Å². The maximum absolute atomic E-state index is 5.47. The van der Waals surface area contributed by atoms with Crippen molar-refractivity contribution in [3.8, 4) is 5.75 Å². The maximum atomic E-state index is 5.47. The molecule has 0 spiro atoms. The number of methoxy groups -OCH3 is 1. The smallest absolute Gasteiger partial charge is 0.120 e. The molecular weight excluding hydrogens is 330 g/mol. The Morgan fingerprint density at radius 3 is 2.07 bits per heavy atom. The Labute approximate surface area is 161 Å². The number of hydrogen-bond acceptors (Lipinski definition) is 2. The van der Waals surface area contributed by atoms with E-state index in [0.717, 1.165) is 11.4 Å². The second-order valence-electron chi connectivity index (χ2n) is 7.53. The minimum absolute atomic E-state index is 0.298. The van der Waals surface area contributed by atoms with Crippen molar-refractivity contribution >= 4 is 11.3 Å². The molecule has 1 unspecified atom stereocenters. The van der Waals surface area contributed by atoms with Crippen LogP contribution in [0.3, 0.4) is 0 Å². The predicted octanol–water partition coefficient (Wildman–Crippen LogP) is 6.08. The summed E-state index contributed by atoms with van der Waals surface area (Å²) in [6.45, 7) is 6.47. The van der Waals surface area contributed by atoms with Crippen molar-refractivity contribution in [2.45, 2.75) is 26.3 Å². The normalized spacial score (nSPS) is 18.3. The molecule has 1 heterocycles. The second-order valence-corrected chi connectivity index (χ2v) is 7.53. The molecule has 0 amide bonds. The van der Waals surface area contributed by atoms with E-state index >= 15 is 0 Å². The highest BCUT2D eigenvalue weighted by molar-refractivity contribution is 5.90. The molecule has 3 aromatic carbocycles. The molecule has 2 nitrogen and oxygen atoms in total. The monoisotopic (exact) mass is 355 g/mol. The predicted molar refractivity (Wildman–Crippen MR) is 113 cm³/mol. The van der Waals surface area contributed by atoms with E-state index in [1.165, 1.54) is 33.4 Å². The van der Waals surface area contributed by atoms with Gasteiger partial charge in [-0.1, -0.05) is 59.7 Å². The van der Waals surface area contributed by atoms with Gasteiger partial charge in [0.1, 0.15) is 5.75 Å². The molecule has 0 radical (unpaired) electrons. The summed E-state index contributed by atoms with van der Waals surface area (Å²) in [5, 5.41) is 3.74. The molecule has 0 saturated heterocycles. The summed E-state index contributed by atoms with van der Waals surface area (Å²) in [6, 6.07) is 23.8. The van der Waals surface area contributed by atoms with Gasteiger partial charge in [-0.05, 0) is 55.7 Å². The highest BCUT2D eigenvalue weighted by Crippen LogP contribution is 2.43. The molecule has 0 saturated carbocycles. The number of fused-ring (bicyclic) bond motifs is 1. The largest absolute Gasteiger partial charge is 0.497 e. The van der Waals surface area contributed by atoms with Crippen LogP contribution in [0.4, 0.5) is 5.69 Å². The fourth-order valence-electron chi connectivity index (χ4n) is 3.70. The highest BCUT2D eigenvalue weighted by Gasteiger charge is 2.31. The van der Waals surface area contributed by atoms with Crippen LogP contribution in [0.1, 0.15) is 34.7 Å². The lowest BCUT2D eigenvalue weighted by atomic mass is 9.81. The summed E-state index contributed by atoms with van der Waals surface area (Å²) < 4.78 is 5.47. The maximum Gasteiger partial charge on any atom is 0.120 e. The summed E-state index contributed by atoms with van der Waals surface area (Å²) in [6.07, 6.45) is 2.34. The van der Waals surface area contributed by atoms with Gasteiger partial charge in [0.05, 0.1) is 12.6 Å². The van der Waals surface area contributed by atoms with E-state index in [2.05, 4.69) is 92.8 Å². The Morgan fingerprint density at radius 2 is 1.44 bits per heavy atom. The summed E-state index contributed by atoms with van der Waals surface area (Å²) in [5.41, 5.74) is 8.24. The second kappa shape index (κ2) is 6.62. The lowest BCUT2D eigenvalue weighted by Gasteiger charge is -2.36. The topological polar surface area (TPSA) is 21.3 Å². The van der Waals surface area contributed by atoms with Crippen molar-refractivity contribution in [2.75, 3.05) is 12.4 Å². The highest BCUT2D eigenvalue weighted by atomic mass is 16.5.